The molecule has 0 atom stereocenters. The molecule has 1 aliphatic carbocycles. The molecule has 3 rings (SSSR count). The third-order valence-electron chi connectivity index (χ3n) is 5.18. The van der Waals surface area contributed by atoms with E-state index in [0.717, 1.165) is 49.8 Å². The first kappa shape index (κ1) is 19.5. The van der Waals surface area contributed by atoms with Crippen molar-refractivity contribution in [3.8, 4) is 5.75 Å². The minimum absolute atomic E-state index is 0.140. The molecular weight excluding hydrogens is 340 g/mol. The first-order chi connectivity index (χ1) is 13.2. The molecule has 2 N–H and O–H groups in total. The number of nitrogens with one attached hydrogen (secondary N) is 2. The molecule has 1 aromatic carbocycles. The van der Waals surface area contributed by atoms with Crippen molar-refractivity contribution in [3.63, 3.8) is 0 Å². The van der Waals surface area contributed by atoms with Gasteiger partial charge in [-0.1, -0.05) is 12.1 Å². The van der Waals surface area contributed by atoms with Crippen molar-refractivity contribution in [1.82, 2.24) is 15.5 Å². The molecule has 148 valence electrons. The lowest BCUT2D eigenvalue weighted by molar-refractivity contribution is -0.130. The fourth-order valence-corrected chi connectivity index (χ4v) is 3.25. The van der Waals surface area contributed by atoms with Gasteiger partial charge in [0, 0.05) is 32.2 Å². The SMILES string of the molecule is CN=C(NCC(=O)N1CCCCC1)NCc1ccc(C)cc1OCC1CC1. The van der Waals surface area contributed by atoms with Gasteiger partial charge < -0.3 is 20.3 Å². The number of hydrogen-bond donors (Lipinski definition) is 2. The predicted molar refractivity (Wildman–Crippen MR) is 108 cm³/mol. The summed E-state index contributed by atoms with van der Waals surface area (Å²) in [6, 6.07) is 6.28. The van der Waals surface area contributed by atoms with Crippen molar-refractivity contribution in [3.05, 3.63) is 29.3 Å². The third kappa shape index (κ3) is 6.15. The second kappa shape index (κ2) is 9.62. The van der Waals surface area contributed by atoms with Gasteiger partial charge in [-0.15, -0.1) is 0 Å². The molecular formula is C21H32N4O2. The van der Waals surface area contributed by atoms with Crippen molar-refractivity contribution in [2.45, 2.75) is 45.6 Å². The first-order valence-electron chi connectivity index (χ1n) is 10.1. The first-order valence-corrected chi connectivity index (χ1v) is 10.1. The molecule has 1 saturated carbocycles. The number of carbonyl (C=O) groups is 1. The monoisotopic (exact) mass is 372 g/mol. The maximum absolute atomic E-state index is 12.3. The molecule has 1 heterocycles. The highest BCUT2D eigenvalue weighted by molar-refractivity contribution is 5.86. The van der Waals surface area contributed by atoms with Gasteiger partial charge in [0.15, 0.2) is 5.96 Å². The van der Waals surface area contributed by atoms with E-state index in [-0.39, 0.29) is 12.5 Å². The van der Waals surface area contributed by atoms with Gasteiger partial charge in [0.05, 0.1) is 13.2 Å². The quantitative estimate of drug-likeness (QED) is 0.570. The lowest BCUT2D eigenvalue weighted by Crippen LogP contribution is -2.45. The van der Waals surface area contributed by atoms with E-state index in [1.165, 1.54) is 24.8 Å². The Labute approximate surface area is 162 Å². The summed E-state index contributed by atoms with van der Waals surface area (Å²) in [6.07, 6.45) is 6.00. The van der Waals surface area contributed by atoms with E-state index in [9.17, 15) is 4.79 Å². The number of likely N-dealkylation sites (tertiary alicyclic amines) is 1. The molecule has 6 heteroatoms. The second-order valence-electron chi connectivity index (χ2n) is 7.59. The van der Waals surface area contributed by atoms with Gasteiger partial charge in [0.2, 0.25) is 5.91 Å². The molecule has 27 heavy (non-hydrogen) atoms. The van der Waals surface area contributed by atoms with Gasteiger partial charge in [-0.25, -0.2) is 0 Å². The molecule has 1 amide bonds. The van der Waals surface area contributed by atoms with E-state index in [0.29, 0.717) is 12.5 Å². The Bertz CT molecular complexity index is 664. The number of guanidine groups is 1. The minimum atomic E-state index is 0.140. The average Bonchev–Trinajstić information content (AvgIpc) is 3.52. The van der Waals surface area contributed by atoms with Crippen molar-refractivity contribution in [1.29, 1.82) is 0 Å². The number of benzene rings is 1. The van der Waals surface area contributed by atoms with Crippen LogP contribution in [0.4, 0.5) is 0 Å². The molecule has 0 radical (unpaired) electrons. The van der Waals surface area contributed by atoms with Crippen LogP contribution >= 0.6 is 0 Å². The van der Waals surface area contributed by atoms with Gasteiger partial charge in [-0.2, -0.15) is 0 Å². The van der Waals surface area contributed by atoms with Crippen molar-refractivity contribution in [2.24, 2.45) is 10.9 Å². The van der Waals surface area contributed by atoms with Crippen LogP contribution < -0.4 is 15.4 Å². The number of piperidine rings is 1. The van der Waals surface area contributed by atoms with E-state index in [1.807, 2.05) is 4.90 Å². The summed E-state index contributed by atoms with van der Waals surface area (Å²) in [5.74, 6) is 2.44. The number of nitrogens with zero attached hydrogens (tertiary/aromatic N) is 2. The van der Waals surface area contributed by atoms with E-state index >= 15 is 0 Å². The molecule has 0 bridgehead atoms. The molecule has 1 aromatic rings. The minimum Gasteiger partial charge on any atom is -0.493 e. The van der Waals surface area contributed by atoms with Crippen molar-refractivity contribution < 1.29 is 9.53 Å². The fourth-order valence-electron chi connectivity index (χ4n) is 3.25. The number of carbonyl (C=O) groups excluding carboxylic acids is 1. The number of rotatable bonds is 7. The van der Waals surface area contributed by atoms with Crippen LogP contribution in [0.5, 0.6) is 5.75 Å². The van der Waals surface area contributed by atoms with Gasteiger partial charge in [0.1, 0.15) is 5.75 Å². The Hall–Kier alpha value is -2.24. The topological polar surface area (TPSA) is 66.0 Å². The lowest BCUT2D eigenvalue weighted by atomic mass is 10.1. The number of aliphatic imine (C=N–C) groups is 1. The highest BCUT2D eigenvalue weighted by Gasteiger charge is 2.22. The number of aryl methyl sites for hydroxylation is 1. The van der Waals surface area contributed by atoms with E-state index in [2.05, 4.69) is 40.7 Å². The Balaban J connectivity index is 1.49. The van der Waals surface area contributed by atoms with Gasteiger partial charge >= 0.3 is 0 Å². The van der Waals surface area contributed by atoms with Crippen molar-refractivity contribution in [2.75, 3.05) is 33.3 Å². The van der Waals surface area contributed by atoms with Crippen LogP contribution in [0, 0.1) is 12.8 Å². The zero-order chi connectivity index (χ0) is 19.1. The Kier molecular flexibility index (Phi) is 6.96. The lowest BCUT2D eigenvalue weighted by Gasteiger charge is -2.27. The molecule has 0 spiro atoms. The molecule has 2 aliphatic rings. The maximum Gasteiger partial charge on any atom is 0.241 e. The number of hydrogen-bond acceptors (Lipinski definition) is 3. The van der Waals surface area contributed by atoms with Crippen LogP contribution in [-0.2, 0) is 11.3 Å². The normalized spacial score (nSPS) is 17.6. The number of ether oxygens (including phenoxy) is 1. The second-order valence-corrected chi connectivity index (χ2v) is 7.59. The third-order valence-corrected chi connectivity index (χ3v) is 5.18. The molecule has 6 nitrogen and oxygen atoms in total. The summed E-state index contributed by atoms with van der Waals surface area (Å²) in [5, 5.41) is 6.43. The fraction of sp³-hybridized carbons (Fsp3) is 0.619. The number of amides is 1. The van der Waals surface area contributed by atoms with E-state index in [4.69, 9.17) is 4.74 Å². The Morgan fingerprint density at radius 1 is 1.22 bits per heavy atom. The van der Waals surface area contributed by atoms with Gasteiger partial charge in [-0.3, -0.25) is 9.79 Å². The van der Waals surface area contributed by atoms with Gasteiger partial charge in [0.25, 0.3) is 0 Å². The average molecular weight is 373 g/mol. The Morgan fingerprint density at radius 3 is 2.70 bits per heavy atom. The smallest absolute Gasteiger partial charge is 0.241 e. The van der Waals surface area contributed by atoms with Crippen LogP contribution in [-0.4, -0.2) is 50.1 Å². The summed E-state index contributed by atoms with van der Waals surface area (Å²) in [7, 11) is 1.72. The standard InChI is InChI=1S/C21H32N4O2/c1-16-6-9-18(19(12-16)27-15-17-7-8-17)13-23-21(22-2)24-14-20(26)25-10-4-3-5-11-25/h6,9,12,17H,3-5,7-8,10-11,13-15H2,1-2H3,(H2,22,23,24). The predicted octanol–water partition coefficient (Wildman–Crippen LogP) is 2.46. The van der Waals surface area contributed by atoms with E-state index in [1.54, 1.807) is 7.05 Å². The van der Waals surface area contributed by atoms with E-state index < -0.39 is 0 Å². The van der Waals surface area contributed by atoms with Crippen LogP contribution in [0.2, 0.25) is 0 Å². The van der Waals surface area contributed by atoms with Crippen molar-refractivity contribution >= 4 is 11.9 Å². The van der Waals surface area contributed by atoms with Crippen LogP contribution in [0.15, 0.2) is 23.2 Å². The highest BCUT2D eigenvalue weighted by atomic mass is 16.5. The molecule has 0 unspecified atom stereocenters. The van der Waals surface area contributed by atoms with Crippen LogP contribution in [0.3, 0.4) is 0 Å². The Morgan fingerprint density at radius 2 is 2.00 bits per heavy atom. The van der Waals surface area contributed by atoms with Crippen LogP contribution in [0.1, 0.15) is 43.2 Å². The summed E-state index contributed by atoms with van der Waals surface area (Å²) < 4.78 is 6.02. The zero-order valence-electron chi connectivity index (χ0n) is 16.6. The zero-order valence-corrected chi connectivity index (χ0v) is 16.6. The summed E-state index contributed by atoms with van der Waals surface area (Å²) in [4.78, 5) is 18.5. The highest BCUT2D eigenvalue weighted by Crippen LogP contribution is 2.30. The molecule has 1 saturated heterocycles. The summed E-state index contributed by atoms with van der Waals surface area (Å²) in [5.41, 5.74) is 2.30. The molecule has 1 aliphatic heterocycles. The summed E-state index contributed by atoms with van der Waals surface area (Å²) >= 11 is 0. The summed E-state index contributed by atoms with van der Waals surface area (Å²) in [6.45, 7) is 5.51. The van der Waals surface area contributed by atoms with Gasteiger partial charge in [-0.05, 0) is 56.6 Å². The maximum atomic E-state index is 12.3. The molecule has 0 aromatic heterocycles. The largest absolute Gasteiger partial charge is 0.493 e. The molecule has 2 fully saturated rings. The van der Waals surface area contributed by atoms with Crippen LogP contribution in [0.25, 0.3) is 0 Å².